The first-order chi connectivity index (χ1) is 7.54. The smallest absolute Gasteiger partial charge is 0.375 e. The largest absolute Gasteiger partial charge is 0.460 e. The van der Waals surface area contributed by atoms with E-state index in [2.05, 4.69) is 20.7 Å². The normalized spacial score (nSPS) is 9.88. The van der Waals surface area contributed by atoms with Gasteiger partial charge >= 0.3 is 5.97 Å². The molecule has 1 aromatic heterocycles. The molecule has 0 radical (unpaired) electrons. The summed E-state index contributed by atoms with van der Waals surface area (Å²) in [6.45, 7) is 1.68. The minimum absolute atomic E-state index is 0.0320. The summed E-state index contributed by atoms with van der Waals surface area (Å²) in [4.78, 5) is 33.6. The van der Waals surface area contributed by atoms with E-state index in [1.54, 1.807) is 6.92 Å². The minimum Gasteiger partial charge on any atom is -0.460 e. The van der Waals surface area contributed by atoms with Crippen molar-refractivity contribution in [2.24, 2.45) is 0 Å². The van der Waals surface area contributed by atoms with E-state index in [0.29, 0.717) is 4.67 Å². The average Bonchev–Trinajstić information content (AvgIpc) is 2.65. The van der Waals surface area contributed by atoms with Gasteiger partial charge in [0, 0.05) is 0 Å². The lowest BCUT2D eigenvalue weighted by Crippen LogP contribution is -2.20. The Kier molecular flexibility index (Phi) is 4.42. The van der Waals surface area contributed by atoms with Crippen LogP contribution in [0.15, 0.2) is 21.2 Å². The summed E-state index contributed by atoms with van der Waals surface area (Å²) < 4.78 is 9.80. The molecule has 0 aliphatic rings. The Bertz CT molecular complexity index is 421. The summed E-state index contributed by atoms with van der Waals surface area (Å²) in [5, 5.41) is 0. The van der Waals surface area contributed by atoms with Crippen LogP contribution in [0.25, 0.3) is 0 Å². The third-order valence-corrected chi connectivity index (χ3v) is 2.10. The molecule has 0 unspecified atom stereocenters. The van der Waals surface area contributed by atoms with Gasteiger partial charge in [-0.3, -0.25) is 9.59 Å². The highest BCUT2D eigenvalue weighted by Crippen LogP contribution is 2.15. The molecule has 0 bridgehead atoms. The van der Waals surface area contributed by atoms with Gasteiger partial charge in [0.05, 0.1) is 13.0 Å². The number of rotatable bonds is 5. The highest BCUT2D eigenvalue weighted by molar-refractivity contribution is 9.10. The van der Waals surface area contributed by atoms with Crippen molar-refractivity contribution >= 4 is 33.5 Å². The van der Waals surface area contributed by atoms with Gasteiger partial charge in [0.15, 0.2) is 10.4 Å². The van der Waals surface area contributed by atoms with Crippen molar-refractivity contribution in [2.45, 2.75) is 13.3 Å². The molecule has 0 saturated carbocycles. The summed E-state index contributed by atoms with van der Waals surface area (Å²) in [6.07, 6.45) is -0.543. The van der Waals surface area contributed by atoms with Crippen LogP contribution in [-0.4, -0.2) is 24.1 Å². The predicted molar refractivity (Wildman–Crippen MR) is 57.0 cm³/mol. The zero-order valence-corrected chi connectivity index (χ0v) is 10.1. The molecular formula is C10H9BrO5. The van der Waals surface area contributed by atoms with Crippen molar-refractivity contribution in [2.75, 3.05) is 6.61 Å². The van der Waals surface area contributed by atoms with E-state index in [-0.39, 0.29) is 12.4 Å². The summed E-state index contributed by atoms with van der Waals surface area (Å²) in [7, 11) is 0. The van der Waals surface area contributed by atoms with Crippen LogP contribution in [0.3, 0.4) is 0 Å². The van der Waals surface area contributed by atoms with Crippen molar-refractivity contribution in [3.05, 3.63) is 22.6 Å². The van der Waals surface area contributed by atoms with Crippen LogP contribution in [0.2, 0.25) is 0 Å². The zero-order valence-electron chi connectivity index (χ0n) is 8.49. The molecule has 1 aromatic rings. The molecule has 0 aliphatic heterocycles. The lowest BCUT2D eigenvalue weighted by Gasteiger charge is -1.98. The first kappa shape index (κ1) is 12.6. The number of hydrogen-bond donors (Lipinski definition) is 0. The fraction of sp³-hybridized carbons (Fsp3) is 0.300. The standard InChI is InChI=1S/C10H9BrO5/c1-2-15-10(14)7(13)5-6(12)8-3-4-9(11)16-8/h3-4H,2,5H2,1H3. The molecule has 0 amide bonds. The highest BCUT2D eigenvalue weighted by Gasteiger charge is 2.21. The Morgan fingerprint density at radius 1 is 1.38 bits per heavy atom. The Morgan fingerprint density at radius 2 is 2.06 bits per heavy atom. The third kappa shape index (κ3) is 3.30. The van der Waals surface area contributed by atoms with Gasteiger partial charge in [0.2, 0.25) is 11.6 Å². The van der Waals surface area contributed by atoms with E-state index in [4.69, 9.17) is 4.42 Å². The van der Waals surface area contributed by atoms with Gasteiger partial charge in [0.25, 0.3) is 0 Å². The van der Waals surface area contributed by atoms with Crippen LogP contribution in [0.1, 0.15) is 23.9 Å². The van der Waals surface area contributed by atoms with Gasteiger partial charge in [-0.05, 0) is 35.0 Å². The Hall–Kier alpha value is -1.43. The lowest BCUT2D eigenvalue weighted by atomic mass is 10.1. The van der Waals surface area contributed by atoms with Gasteiger partial charge in [0.1, 0.15) is 0 Å². The van der Waals surface area contributed by atoms with E-state index in [1.807, 2.05) is 0 Å². The first-order valence-electron chi connectivity index (χ1n) is 4.53. The van der Waals surface area contributed by atoms with Crippen molar-refractivity contribution in [3.8, 4) is 0 Å². The summed E-state index contributed by atoms with van der Waals surface area (Å²) in [6, 6.07) is 2.95. The van der Waals surface area contributed by atoms with E-state index < -0.39 is 24.0 Å². The molecule has 1 rings (SSSR count). The lowest BCUT2D eigenvalue weighted by molar-refractivity contribution is -0.153. The molecule has 0 spiro atoms. The number of ketones is 2. The van der Waals surface area contributed by atoms with Gasteiger partial charge in [-0.1, -0.05) is 0 Å². The number of esters is 1. The summed E-state index contributed by atoms with van der Waals surface area (Å²) in [5.74, 6) is -2.39. The van der Waals surface area contributed by atoms with Crippen LogP contribution < -0.4 is 0 Å². The molecule has 16 heavy (non-hydrogen) atoms. The van der Waals surface area contributed by atoms with E-state index in [9.17, 15) is 14.4 Å². The van der Waals surface area contributed by atoms with E-state index >= 15 is 0 Å². The van der Waals surface area contributed by atoms with Crippen LogP contribution >= 0.6 is 15.9 Å². The van der Waals surface area contributed by atoms with Crippen LogP contribution in [0, 0.1) is 0 Å². The Morgan fingerprint density at radius 3 is 2.56 bits per heavy atom. The maximum absolute atomic E-state index is 11.4. The fourth-order valence-electron chi connectivity index (χ4n) is 0.981. The van der Waals surface area contributed by atoms with Crippen molar-refractivity contribution < 1.29 is 23.5 Å². The number of furan rings is 1. The van der Waals surface area contributed by atoms with Crippen molar-refractivity contribution in [3.63, 3.8) is 0 Å². The van der Waals surface area contributed by atoms with Gasteiger partial charge in [-0.25, -0.2) is 4.79 Å². The number of hydrogen-bond acceptors (Lipinski definition) is 5. The quantitative estimate of drug-likeness (QED) is 0.357. The molecule has 0 saturated heterocycles. The van der Waals surface area contributed by atoms with E-state index in [0.717, 1.165) is 0 Å². The number of ether oxygens (including phenoxy) is 1. The zero-order chi connectivity index (χ0) is 12.1. The van der Waals surface area contributed by atoms with Crippen LogP contribution in [-0.2, 0) is 14.3 Å². The average molecular weight is 289 g/mol. The Labute approximate surface area is 99.9 Å². The van der Waals surface area contributed by atoms with Crippen molar-refractivity contribution in [1.29, 1.82) is 0 Å². The second-order valence-electron chi connectivity index (χ2n) is 2.85. The Balaban J connectivity index is 2.58. The molecule has 0 atom stereocenters. The fourth-order valence-corrected chi connectivity index (χ4v) is 1.29. The minimum atomic E-state index is -0.999. The van der Waals surface area contributed by atoms with E-state index in [1.165, 1.54) is 12.1 Å². The molecule has 0 fully saturated rings. The predicted octanol–water partition coefficient (Wildman–Crippen LogP) is 1.75. The molecule has 1 heterocycles. The number of carbonyl (C=O) groups excluding carboxylic acids is 3. The second-order valence-corrected chi connectivity index (χ2v) is 3.63. The van der Waals surface area contributed by atoms with Crippen LogP contribution in [0.5, 0.6) is 0 Å². The molecule has 86 valence electrons. The third-order valence-electron chi connectivity index (χ3n) is 1.67. The molecule has 0 aromatic carbocycles. The summed E-state index contributed by atoms with van der Waals surface area (Å²) >= 11 is 3.03. The van der Waals surface area contributed by atoms with Gasteiger partial charge < -0.3 is 9.15 Å². The topological polar surface area (TPSA) is 73.6 Å². The maximum Gasteiger partial charge on any atom is 0.375 e. The first-order valence-corrected chi connectivity index (χ1v) is 5.32. The molecule has 0 aliphatic carbocycles. The maximum atomic E-state index is 11.4. The van der Waals surface area contributed by atoms with Gasteiger partial charge in [-0.15, -0.1) is 0 Å². The highest BCUT2D eigenvalue weighted by atomic mass is 79.9. The molecule has 0 N–H and O–H groups in total. The van der Waals surface area contributed by atoms with Crippen LogP contribution in [0.4, 0.5) is 0 Å². The van der Waals surface area contributed by atoms with Gasteiger partial charge in [-0.2, -0.15) is 0 Å². The summed E-state index contributed by atoms with van der Waals surface area (Å²) in [5.41, 5.74) is 0. The molecule has 5 nitrogen and oxygen atoms in total. The number of Topliss-reactive ketones (excluding diaryl/α,β-unsaturated/α-hetero) is 2. The molecular weight excluding hydrogens is 280 g/mol. The molecule has 6 heteroatoms. The second kappa shape index (κ2) is 5.60. The number of halogens is 1. The monoisotopic (exact) mass is 288 g/mol. The van der Waals surface area contributed by atoms with Crippen molar-refractivity contribution in [1.82, 2.24) is 0 Å². The SMILES string of the molecule is CCOC(=O)C(=O)CC(=O)c1ccc(Br)o1. The number of carbonyl (C=O) groups is 3.